The number of halogens is 2. The number of carbonyl (C=O) groups is 1. The highest BCUT2D eigenvalue weighted by atomic mass is 19.1. The summed E-state index contributed by atoms with van der Waals surface area (Å²) in [5, 5.41) is 10.9. The van der Waals surface area contributed by atoms with Gasteiger partial charge in [-0.15, -0.1) is 0 Å². The van der Waals surface area contributed by atoms with Gasteiger partial charge >= 0.3 is 0 Å². The molecule has 170 valence electrons. The van der Waals surface area contributed by atoms with E-state index in [0.717, 1.165) is 10.9 Å². The molecule has 4 rings (SSSR count). The van der Waals surface area contributed by atoms with Crippen LogP contribution in [0.1, 0.15) is 39.6 Å². The minimum Gasteiger partial charge on any atom is -0.370 e. The van der Waals surface area contributed by atoms with Crippen molar-refractivity contribution in [3.8, 4) is 0 Å². The van der Waals surface area contributed by atoms with Crippen molar-refractivity contribution in [1.82, 2.24) is 25.1 Å². The van der Waals surface area contributed by atoms with E-state index in [2.05, 4.69) is 25.7 Å². The number of nitrogens with one attached hydrogen (secondary N) is 2. The largest absolute Gasteiger partial charge is 0.370 e. The Balaban J connectivity index is 1.62. The number of rotatable bonds is 8. The number of benzene rings is 1. The Kier molecular flexibility index (Phi) is 6.58. The molecule has 0 aliphatic rings. The second kappa shape index (κ2) is 9.72. The molecule has 0 fully saturated rings. The number of alkyl halides is 1. The van der Waals surface area contributed by atoms with Crippen LogP contribution in [0.2, 0.25) is 0 Å². The van der Waals surface area contributed by atoms with Gasteiger partial charge in [0.2, 0.25) is 0 Å². The molecule has 0 saturated carbocycles. The Labute approximate surface area is 189 Å². The Morgan fingerprint density at radius 3 is 2.73 bits per heavy atom. The fourth-order valence-corrected chi connectivity index (χ4v) is 3.46. The van der Waals surface area contributed by atoms with Crippen LogP contribution >= 0.6 is 0 Å². The first-order chi connectivity index (χ1) is 15.9. The van der Waals surface area contributed by atoms with Gasteiger partial charge in [0.15, 0.2) is 0 Å². The van der Waals surface area contributed by atoms with Gasteiger partial charge in [0.25, 0.3) is 5.91 Å². The molecule has 33 heavy (non-hydrogen) atoms. The van der Waals surface area contributed by atoms with Crippen LogP contribution in [-0.4, -0.2) is 38.9 Å². The molecule has 0 radical (unpaired) electrons. The maximum absolute atomic E-state index is 14.3. The summed E-state index contributed by atoms with van der Waals surface area (Å²) < 4.78 is 28.2. The second-order valence-electron chi connectivity index (χ2n) is 7.79. The minimum atomic E-state index is -0.603. The van der Waals surface area contributed by atoms with Crippen molar-refractivity contribution in [2.75, 3.05) is 18.5 Å². The lowest BCUT2D eigenvalue weighted by atomic mass is 9.99. The number of aromatic nitrogens is 4. The maximum Gasteiger partial charge on any atom is 0.270 e. The van der Waals surface area contributed by atoms with Gasteiger partial charge in [-0.2, -0.15) is 5.10 Å². The van der Waals surface area contributed by atoms with E-state index in [4.69, 9.17) is 0 Å². The van der Waals surface area contributed by atoms with Crippen LogP contribution in [0.25, 0.3) is 10.9 Å². The Morgan fingerprint density at radius 1 is 1.15 bits per heavy atom. The first-order valence-electron chi connectivity index (χ1n) is 10.6. The van der Waals surface area contributed by atoms with Crippen LogP contribution in [0.15, 0.2) is 55.0 Å². The maximum atomic E-state index is 14.3. The predicted molar refractivity (Wildman–Crippen MR) is 122 cm³/mol. The highest BCUT2D eigenvalue weighted by Crippen LogP contribution is 2.24. The van der Waals surface area contributed by atoms with Crippen molar-refractivity contribution in [1.29, 1.82) is 0 Å². The lowest BCUT2D eigenvalue weighted by molar-refractivity contribution is 0.0938. The van der Waals surface area contributed by atoms with E-state index in [0.29, 0.717) is 35.4 Å². The summed E-state index contributed by atoms with van der Waals surface area (Å²) in [4.78, 5) is 21.9. The SMILES string of the molecule is Cc1ccc([C@H](NC(=O)c2ccc3cnc(NCCCF)cc3n2)c2cnn(C)c2)cc1F. The molecule has 9 heteroatoms. The van der Waals surface area contributed by atoms with Crippen molar-refractivity contribution >= 4 is 22.6 Å². The van der Waals surface area contributed by atoms with Gasteiger partial charge < -0.3 is 10.6 Å². The number of anilines is 1. The molecule has 0 bridgehead atoms. The number of amides is 1. The number of hydrogen-bond acceptors (Lipinski definition) is 5. The molecule has 0 saturated heterocycles. The summed E-state index contributed by atoms with van der Waals surface area (Å²) in [6, 6.07) is 9.38. The first-order valence-corrected chi connectivity index (χ1v) is 10.6. The zero-order chi connectivity index (χ0) is 23.4. The quantitative estimate of drug-likeness (QED) is 0.395. The average Bonchev–Trinajstić information content (AvgIpc) is 3.24. The fourth-order valence-electron chi connectivity index (χ4n) is 3.46. The Bertz CT molecular complexity index is 1290. The number of aryl methyl sites for hydroxylation is 2. The van der Waals surface area contributed by atoms with Crippen LogP contribution in [-0.2, 0) is 7.05 Å². The molecule has 1 amide bonds. The minimum absolute atomic E-state index is 0.213. The third kappa shape index (κ3) is 5.14. The van der Waals surface area contributed by atoms with Gasteiger partial charge in [0.1, 0.15) is 17.3 Å². The first kappa shape index (κ1) is 22.3. The Hall–Kier alpha value is -3.88. The zero-order valence-electron chi connectivity index (χ0n) is 18.3. The standard InChI is InChI=1S/C24H24F2N6O/c1-15-4-5-16(10-19(15)26)23(18-13-29-32(2)14-18)31-24(33)20-7-6-17-12-28-22(11-21(17)30-20)27-9-3-8-25/h4-7,10-14,23H,3,8-9H2,1-2H3,(H,27,28)(H,31,33)/t23-/m0/s1. The van der Waals surface area contributed by atoms with Crippen molar-refractivity contribution in [3.05, 3.63) is 83.2 Å². The Morgan fingerprint density at radius 2 is 2.00 bits per heavy atom. The number of nitrogens with zero attached hydrogens (tertiary/aromatic N) is 4. The van der Waals surface area contributed by atoms with Crippen molar-refractivity contribution in [3.63, 3.8) is 0 Å². The summed E-state index contributed by atoms with van der Waals surface area (Å²) in [6.45, 7) is 1.73. The summed E-state index contributed by atoms with van der Waals surface area (Å²) in [5.41, 5.74) is 2.64. The monoisotopic (exact) mass is 450 g/mol. The molecule has 7 nitrogen and oxygen atoms in total. The lowest BCUT2D eigenvalue weighted by Gasteiger charge is -2.18. The number of hydrogen-bond donors (Lipinski definition) is 2. The van der Waals surface area contributed by atoms with E-state index in [1.807, 2.05) is 0 Å². The van der Waals surface area contributed by atoms with Crippen LogP contribution in [0, 0.1) is 12.7 Å². The van der Waals surface area contributed by atoms with Gasteiger partial charge in [-0.25, -0.2) is 14.4 Å². The van der Waals surface area contributed by atoms with Gasteiger partial charge in [0, 0.05) is 43.0 Å². The summed E-state index contributed by atoms with van der Waals surface area (Å²) in [5.74, 6) is -0.195. The van der Waals surface area contributed by atoms with E-state index in [1.165, 1.54) is 6.07 Å². The normalized spacial score (nSPS) is 12.0. The number of carbonyl (C=O) groups excluding carboxylic acids is 1. The predicted octanol–water partition coefficient (Wildman–Crippen LogP) is 4.10. The second-order valence-corrected chi connectivity index (χ2v) is 7.79. The molecule has 0 unspecified atom stereocenters. The summed E-state index contributed by atoms with van der Waals surface area (Å²) in [6.07, 6.45) is 5.44. The van der Waals surface area contributed by atoms with E-state index in [1.54, 1.807) is 67.6 Å². The smallest absolute Gasteiger partial charge is 0.270 e. The van der Waals surface area contributed by atoms with Crippen LogP contribution < -0.4 is 10.6 Å². The number of fused-ring (bicyclic) bond motifs is 1. The van der Waals surface area contributed by atoms with E-state index < -0.39 is 18.6 Å². The zero-order valence-corrected chi connectivity index (χ0v) is 18.3. The molecule has 0 spiro atoms. The van der Waals surface area contributed by atoms with Gasteiger partial charge in [0.05, 0.1) is 24.4 Å². The summed E-state index contributed by atoms with van der Waals surface area (Å²) >= 11 is 0. The molecule has 2 N–H and O–H groups in total. The molecular weight excluding hydrogens is 426 g/mol. The molecular formula is C24H24F2N6O. The average molecular weight is 450 g/mol. The van der Waals surface area contributed by atoms with E-state index >= 15 is 0 Å². The highest BCUT2D eigenvalue weighted by molar-refractivity contribution is 5.95. The van der Waals surface area contributed by atoms with E-state index in [9.17, 15) is 13.6 Å². The van der Waals surface area contributed by atoms with Crippen molar-refractivity contribution in [2.24, 2.45) is 7.05 Å². The molecule has 3 aromatic heterocycles. The van der Waals surface area contributed by atoms with Crippen LogP contribution in [0.4, 0.5) is 14.6 Å². The number of pyridine rings is 2. The molecule has 1 atom stereocenters. The van der Waals surface area contributed by atoms with Crippen LogP contribution in [0.3, 0.4) is 0 Å². The summed E-state index contributed by atoms with van der Waals surface area (Å²) in [7, 11) is 1.77. The van der Waals surface area contributed by atoms with Gasteiger partial charge in [-0.3, -0.25) is 13.9 Å². The fraction of sp³-hybridized carbons (Fsp3) is 0.250. The van der Waals surface area contributed by atoms with Gasteiger partial charge in [-0.1, -0.05) is 12.1 Å². The van der Waals surface area contributed by atoms with E-state index in [-0.39, 0.29) is 11.5 Å². The molecule has 0 aliphatic heterocycles. The third-order valence-electron chi connectivity index (χ3n) is 5.29. The highest BCUT2D eigenvalue weighted by Gasteiger charge is 2.21. The third-order valence-corrected chi connectivity index (χ3v) is 5.29. The molecule has 3 heterocycles. The molecule has 0 aliphatic carbocycles. The lowest BCUT2D eigenvalue weighted by Crippen LogP contribution is -2.30. The molecule has 1 aromatic carbocycles. The van der Waals surface area contributed by atoms with Gasteiger partial charge in [-0.05, 0) is 42.7 Å². The topological polar surface area (TPSA) is 84.7 Å². The van der Waals surface area contributed by atoms with Crippen molar-refractivity contribution < 1.29 is 13.6 Å². The van der Waals surface area contributed by atoms with Crippen molar-refractivity contribution in [2.45, 2.75) is 19.4 Å². The van der Waals surface area contributed by atoms with Crippen LogP contribution in [0.5, 0.6) is 0 Å². The molecule has 4 aromatic rings.